The topological polar surface area (TPSA) is 229 Å². The van der Waals surface area contributed by atoms with Gasteiger partial charge in [0, 0.05) is 75.5 Å². The molecule has 6 aromatic heterocycles. The lowest BCUT2D eigenvalue weighted by atomic mass is 9.98. The van der Waals surface area contributed by atoms with Gasteiger partial charge in [-0.25, -0.2) is 19.9 Å². The zero-order valence-corrected chi connectivity index (χ0v) is 38.1. The van der Waals surface area contributed by atoms with Crippen LogP contribution in [0.1, 0.15) is 31.9 Å². The van der Waals surface area contributed by atoms with Crippen molar-refractivity contribution in [1.82, 2.24) is 29.9 Å². The first-order valence-corrected chi connectivity index (χ1v) is 21.5. The van der Waals surface area contributed by atoms with Crippen molar-refractivity contribution in [3.05, 3.63) is 129 Å². The summed E-state index contributed by atoms with van der Waals surface area (Å²) < 4.78 is 3.97. The maximum absolute atomic E-state index is 11.4. The SMILES string of the molecule is CC(=O)Nc1cc(-c2sc(-c3cnc[nH]3)c(-c3ccc(Cl)cc3Cl)c2C#N)ccn1.CC(=O)OC(C)=O.N#Cc1c(-c2ccnc(N)c2)sc(-c2cnc[nH]2)c1-c1ccc(Cl)cc1Cl. The van der Waals surface area contributed by atoms with Crippen molar-refractivity contribution in [2.75, 3.05) is 11.1 Å². The maximum Gasteiger partial charge on any atom is 0.310 e. The van der Waals surface area contributed by atoms with E-state index in [2.05, 4.69) is 52.1 Å². The fourth-order valence-electron chi connectivity index (χ4n) is 6.13. The van der Waals surface area contributed by atoms with Crippen LogP contribution in [0.3, 0.4) is 0 Å². The van der Waals surface area contributed by atoms with Gasteiger partial charge < -0.3 is 25.8 Å². The van der Waals surface area contributed by atoms with E-state index in [4.69, 9.17) is 52.1 Å². The third kappa shape index (κ3) is 11.0. The number of nitriles is 2. The summed E-state index contributed by atoms with van der Waals surface area (Å²) in [6.07, 6.45) is 9.79. The van der Waals surface area contributed by atoms with Crippen molar-refractivity contribution in [1.29, 1.82) is 10.5 Å². The van der Waals surface area contributed by atoms with Gasteiger partial charge in [0.2, 0.25) is 5.91 Å². The van der Waals surface area contributed by atoms with Gasteiger partial charge in [-0.1, -0.05) is 58.5 Å². The Labute approximate surface area is 393 Å². The summed E-state index contributed by atoms with van der Waals surface area (Å²) in [5.74, 6) is -0.552. The number of carbonyl (C=O) groups excluding carboxylic acids is 3. The zero-order valence-electron chi connectivity index (χ0n) is 33.5. The average Bonchev–Trinajstić information content (AvgIpc) is 4.07. The van der Waals surface area contributed by atoms with E-state index in [1.54, 1.807) is 86.0 Å². The van der Waals surface area contributed by atoms with E-state index in [0.717, 1.165) is 53.2 Å². The van der Waals surface area contributed by atoms with Crippen molar-refractivity contribution in [2.24, 2.45) is 0 Å². The quantitative estimate of drug-likeness (QED) is 0.0867. The molecule has 2 aromatic carbocycles. The van der Waals surface area contributed by atoms with E-state index in [1.165, 1.54) is 43.4 Å². The Morgan fingerprint density at radius 3 is 1.52 bits per heavy atom. The molecular weight excluding hydrogens is 938 g/mol. The van der Waals surface area contributed by atoms with Crippen LogP contribution in [0.2, 0.25) is 20.1 Å². The van der Waals surface area contributed by atoms with E-state index >= 15 is 0 Å². The number of nitrogen functional groups attached to an aromatic ring is 1. The molecule has 64 heavy (non-hydrogen) atoms. The second-order valence-electron chi connectivity index (χ2n) is 13.1. The first-order chi connectivity index (χ1) is 30.7. The fourth-order valence-corrected chi connectivity index (χ4v) is 9.61. The lowest BCUT2D eigenvalue weighted by Gasteiger charge is -2.07. The maximum atomic E-state index is 11.4. The minimum atomic E-state index is -0.562. The normalized spacial score (nSPS) is 10.3. The molecule has 0 bridgehead atoms. The number of halogens is 4. The van der Waals surface area contributed by atoms with Gasteiger partial charge in [-0.15, -0.1) is 22.7 Å². The number of hydrogen-bond acceptors (Lipinski definition) is 13. The number of nitrogens with two attached hydrogens (primary N) is 1. The number of aromatic nitrogens is 6. The summed E-state index contributed by atoms with van der Waals surface area (Å²) in [5, 5.41) is 24.7. The Balaban J connectivity index is 0.000000186. The van der Waals surface area contributed by atoms with E-state index < -0.39 is 11.9 Å². The molecule has 320 valence electrons. The number of H-pyrrole nitrogens is 2. The molecule has 14 nitrogen and oxygen atoms in total. The van der Waals surface area contributed by atoms with Crippen LogP contribution in [0.5, 0.6) is 0 Å². The number of nitrogens with zero attached hydrogens (tertiary/aromatic N) is 6. The van der Waals surface area contributed by atoms with Gasteiger partial charge >= 0.3 is 11.9 Å². The summed E-state index contributed by atoms with van der Waals surface area (Å²) in [4.78, 5) is 56.8. The molecule has 0 spiro atoms. The van der Waals surface area contributed by atoms with E-state index in [-0.39, 0.29) is 5.91 Å². The molecular formula is C44H30Cl4N10O4S2. The minimum Gasteiger partial charge on any atom is -0.394 e. The largest absolute Gasteiger partial charge is 0.394 e. The second-order valence-corrected chi connectivity index (χ2v) is 16.8. The van der Waals surface area contributed by atoms with Crippen LogP contribution >= 0.6 is 69.1 Å². The molecule has 0 atom stereocenters. The molecule has 0 saturated heterocycles. The zero-order chi connectivity index (χ0) is 46.1. The number of ether oxygens (including phenoxy) is 1. The van der Waals surface area contributed by atoms with Crippen LogP contribution in [0.25, 0.3) is 64.3 Å². The van der Waals surface area contributed by atoms with E-state index in [0.29, 0.717) is 54.0 Å². The van der Waals surface area contributed by atoms with Gasteiger partial charge in [0.15, 0.2) is 0 Å². The molecule has 1 amide bonds. The van der Waals surface area contributed by atoms with Gasteiger partial charge in [-0.3, -0.25) is 14.4 Å². The summed E-state index contributed by atoms with van der Waals surface area (Å²) in [6.45, 7) is 3.78. The Bertz CT molecular complexity index is 3090. The predicted molar refractivity (Wildman–Crippen MR) is 252 cm³/mol. The Hall–Kier alpha value is -6.89. The first-order valence-electron chi connectivity index (χ1n) is 18.4. The van der Waals surface area contributed by atoms with Crippen LogP contribution in [-0.2, 0) is 19.1 Å². The van der Waals surface area contributed by atoms with Crippen LogP contribution in [0.15, 0.2) is 98.1 Å². The summed E-state index contributed by atoms with van der Waals surface area (Å²) in [5.41, 5.74) is 12.8. The molecule has 0 unspecified atom stereocenters. The molecule has 8 aromatic rings. The van der Waals surface area contributed by atoms with Gasteiger partial charge in [-0.2, -0.15) is 10.5 Å². The fraction of sp³-hybridized carbons (Fsp3) is 0.0682. The molecule has 8 rings (SSSR count). The number of nitrogens with one attached hydrogen (secondary N) is 3. The first kappa shape index (κ1) is 46.6. The number of amides is 1. The third-order valence-corrected chi connectivity index (χ3v) is 12.2. The summed E-state index contributed by atoms with van der Waals surface area (Å²) in [6, 6.07) is 22.2. The summed E-state index contributed by atoms with van der Waals surface area (Å²) in [7, 11) is 0. The number of hydrogen-bond donors (Lipinski definition) is 4. The number of esters is 2. The molecule has 6 heterocycles. The molecule has 0 fully saturated rings. The number of rotatable bonds is 7. The lowest BCUT2D eigenvalue weighted by Crippen LogP contribution is -2.07. The van der Waals surface area contributed by atoms with Crippen LogP contribution in [0, 0.1) is 22.7 Å². The van der Waals surface area contributed by atoms with Gasteiger partial charge in [0.25, 0.3) is 0 Å². The molecule has 0 aliphatic heterocycles. The molecule has 0 aliphatic carbocycles. The second kappa shape index (κ2) is 21.0. The number of anilines is 2. The van der Waals surface area contributed by atoms with Crippen LogP contribution in [-0.4, -0.2) is 47.7 Å². The van der Waals surface area contributed by atoms with Gasteiger partial charge in [0.05, 0.1) is 67.1 Å². The Kier molecular flexibility index (Phi) is 15.3. The van der Waals surface area contributed by atoms with E-state index in [9.17, 15) is 24.9 Å². The highest BCUT2D eigenvalue weighted by Gasteiger charge is 2.26. The number of aromatic amines is 2. The minimum absolute atomic E-state index is 0.224. The average molecular weight is 969 g/mol. The van der Waals surface area contributed by atoms with Crippen LogP contribution in [0.4, 0.5) is 11.6 Å². The number of imidazole rings is 2. The van der Waals surface area contributed by atoms with Crippen LogP contribution < -0.4 is 11.1 Å². The lowest BCUT2D eigenvalue weighted by molar-refractivity contribution is -0.156. The van der Waals surface area contributed by atoms with Crippen molar-refractivity contribution >= 4 is 98.6 Å². The highest BCUT2D eigenvalue weighted by Crippen LogP contribution is 2.50. The number of benzene rings is 2. The number of pyridine rings is 2. The summed E-state index contributed by atoms with van der Waals surface area (Å²) >= 11 is 28.0. The van der Waals surface area contributed by atoms with Crippen molar-refractivity contribution in [3.63, 3.8) is 0 Å². The monoisotopic (exact) mass is 966 g/mol. The molecule has 5 N–H and O–H groups in total. The molecule has 20 heteroatoms. The Morgan fingerprint density at radius 2 is 1.14 bits per heavy atom. The Morgan fingerprint density at radius 1 is 0.672 bits per heavy atom. The molecule has 0 radical (unpaired) electrons. The van der Waals surface area contributed by atoms with Crippen molar-refractivity contribution < 1.29 is 19.1 Å². The molecule has 0 aliphatic rings. The van der Waals surface area contributed by atoms with Gasteiger partial charge in [0.1, 0.15) is 23.8 Å². The number of thiophene rings is 2. The van der Waals surface area contributed by atoms with E-state index in [1.807, 2.05) is 12.1 Å². The number of carbonyl (C=O) groups is 3. The standard InChI is InChI=1S/C21H13Cl2N5OS.C19H11Cl2N5S.C4H6O3/c1-11(29)28-18-6-12(4-5-26-18)20-15(8-24)19(14-3-2-13(22)7-16(14)23)21(30-20)17-9-25-10-27-17;20-11-1-2-12(14(21)6-11)17-13(7-22)18(10-3-4-25-16(23)5-10)27-19(17)15-8-24-9-26-15;1-3(5)7-4(2)6/h2-7,9-10H,1H3,(H,25,27)(H,26,28,29);1-6,8-9H,(H2,23,25)(H,24,26);1-2H3. The smallest absolute Gasteiger partial charge is 0.310 e. The highest BCUT2D eigenvalue weighted by atomic mass is 35.5. The predicted octanol–water partition coefficient (Wildman–Crippen LogP) is 11.7. The third-order valence-electron chi connectivity index (χ3n) is 8.58. The highest BCUT2D eigenvalue weighted by molar-refractivity contribution is 7.20. The molecule has 0 saturated carbocycles. The van der Waals surface area contributed by atoms with Crippen molar-refractivity contribution in [3.8, 4) is 76.4 Å². The van der Waals surface area contributed by atoms with Gasteiger partial charge in [-0.05, 0) is 59.7 Å². The van der Waals surface area contributed by atoms with Crippen molar-refractivity contribution in [2.45, 2.75) is 20.8 Å².